The SMILES string of the molecule is CCN(Cc1ccc2c(c1)OCCO2)S(=O)(=O)/C=C/c1ccc(Cl)cc1. The van der Waals surface area contributed by atoms with Crippen LogP contribution in [0.15, 0.2) is 47.9 Å². The third-order valence-electron chi connectivity index (χ3n) is 3.98. The molecule has 0 spiro atoms. The zero-order chi connectivity index (χ0) is 18.6. The quantitative estimate of drug-likeness (QED) is 0.746. The molecular formula is C19H20ClNO4S. The van der Waals surface area contributed by atoms with E-state index in [0.29, 0.717) is 36.3 Å². The number of hydrogen-bond acceptors (Lipinski definition) is 4. The van der Waals surface area contributed by atoms with Gasteiger partial charge in [0.25, 0.3) is 0 Å². The monoisotopic (exact) mass is 393 g/mol. The van der Waals surface area contributed by atoms with Crippen LogP contribution in [-0.4, -0.2) is 32.5 Å². The molecule has 0 saturated heterocycles. The number of nitrogens with zero attached hydrogens (tertiary/aromatic N) is 1. The smallest absolute Gasteiger partial charge is 0.236 e. The van der Waals surface area contributed by atoms with Gasteiger partial charge in [-0.15, -0.1) is 0 Å². The minimum absolute atomic E-state index is 0.264. The summed E-state index contributed by atoms with van der Waals surface area (Å²) in [5.74, 6) is 1.34. The van der Waals surface area contributed by atoms with E-state index in [1.807, 2.05) is 25.1 Å². The van der Waals surface area contributed by atoms with E-state index < -0.39 is 10.0 Å². The lowest BCUT2D eigenvalue weighted by Crippen LogP contribution is -2.28. The van der Waals surface area contributed by atoms with Crippen molar-refractivity contribution < 1.29 is 17.9 Å². The van der Waals surface area contributed by atoms with Gasteiger partial charge in [0, 0.05) is 23.5 Å². The molecule has 1 heterocycles. The molecule has 2 aromatic rings. The highest BCUT2D eigenvalue weighted by atomic mass is 35.5. The van der Waals surface area contributed by atoms with Gasteiger partial charge in [0.15, 0.2) is 11.5 Å². The summed E-state index contributed by atoms with van der Waals surface area (Å²) in [4.78, 5) is 0. The molecule has 7 heteroatoms. The minimum atomic E-state index is -3.55. The molecule has 2 aromatic carbocycles. The van der Waals surface area contributed by atoms with E-state index in [4.69, 9.17) is 21.1 Å². The molecule has 0 N–H and O–H groups in total. The molecule has 0 unspecified atom stereocenters. The fourth-order valence-corrected chi connectivity index (χ4v) is 3.91. The number of ether oxygens (including phenoxy) is 2. The van der Waals surface area contributed by atoms with Gasteiger partial charge in [-0.25, -0.2) is 8.42 Å². The molecule has 0 saturated carbocycles. The molecule has 0 atom stereocenters. The van der Waals surface area contributed by atoms with Crippen LogP contribution in [0.3, 0.4) is 0 Å². The molecule has 138 valence electrons. The lowest BCUT2D eigenvalue weighted by Gasteiger charge is -2.21. The Morgan fingerprint density at radius 1 is 1.08 bits per heavy atom. The first-order valence-corrected chi connectivity index (χ1v) is 10.2. The van der Waals surface area contributed by atoms with Crippen LogP contribution in [0, 0.1) is 0 Å². The summed E-state index contributed by atoms with van der Waals surface area (Å²) in [5.41, 5.74) is 1.62. The van der Waals surface area contributed by atoms with Crippen LogP contribution in [0.5, 0.6) is 11.5 Å². The predicted molar refractivity (Wildman–Crippen MR) is 103 cm³/mol. The van der Waals surface area contributed by atoms with Crippen LogP contribution >= 0.6 is 11.6 Å². The third kappa shape index (κ3) is 4.58. The van der Waals surface area contributed by atoms with Crippen molar-refractivity contribution >= 4 is 27.7 Å². The molecule has 0 bridgehead atoms. The molecule has 1 aliphatic heterocycles. The highest BCUT2D eigenvalue weighted by Crippen LogP contribution is 2.31. The Labute approximate surface area is 158 Å². The van der Waals surface area contributed by atoms with Crippen LogP contribution in [0.25, 0.3) is 6.08 Å². The summed E-state index contributed by atoms with van der Waals surface area (Å²) in [5, 5.41) is 1.83. The molecule has 26 heavy (non-hydrogen) atoms. The Balaban J connectivity index is 1.75. The Kier molecular flexibility index (Phi) is 5.86. The number of sulfonamides is 1. The topological polar surface area (TPSA) is 55.8 Å². The first-order valence-electron chi connectivity index (χ1n) is 8.30. The summed E-state index contributed by atoms with van der Waals surface area (Å²) >= 11 is 5.85. The van der Waals surface area contributed by atoms with E-state index in [1.54, 1.807) is 30.3 Å². The van der Waals surface area contributed by atoms with E-state index in [2.05, 4.69) is 0 Å². The van der Waals surface area contributed by atoms with Gasteiger partial charge >= 0.3 is 0 Å². The molecule has 0 radical (unpaired) electrons. The maximum absolute atomic E-state index is 12.7. The minimum Gasteiger partial charge on any atom is -0.486 e. The number of rotatable bonds is 6. The molecule has 0 aromatic heterocycles. The van der Waals surface area contributed by atoms with Crippen molar-refractivity contribution in [2.24, 2.45) is 0 Å². The summed E-state index contributed by atoms with van der Waals surface area (Å²) < 4.78 is 37.8. The number of halogens is 1. The summed E-state index contributed by atoms with van der Waals surface area (Å²) in [6, 6.07) is 12.5. The summed E-state index contributed by atoms with van der Waals surface area (Å²) in [7, 11) is -3.55. The van der Waals surface area contributed by atoms with Gasteiger partial charge in [-0.3, -0.25) is 0 Å². The molecular weight excluding hydrogens is 374 g/mol. The van der Waals surface area contributed by atoms with E-state index in [0.717, 1.165) is 11.1 Å². The van der Waals surface area contributed by atoms with Gasteiger partial charge in [0.05, 0.1) is 0 Å². The molecule has 1 aliphatic rings. The molecule has 3 rings (SSSR count). The molecule has 5 nitrogen and oxygen atoms in total. The lowest BCUT2D eigenvalue weighted by molar-refractivity contribution is 0.171. The van der Waals surface area contributed by atoms with E-state index in [1.165, 1.54) is 9.71 Å². The van der Waals surface area contributed by atoms with Crippen molar-refractivity contribution in [1.82, 2.24) is 4.31 Å². The summed E-state index contributed by atoms with van der Waals surface area (Å²) in [6.07, 6.45) is 1.57. The Morgan fingerprint density at radius 2 is 1.77 bits per heavy atom. The van der Waals surface area contributed by atoms with Crippen LogP contribution in [0.4, 0.5) is 0 Å². The van der Waals surface area contributed by atoms with Gasteiger partial charge in [-0.2, -0.15) is 4.31 Å². The second-order valence-corrected chi connectivity index (χ2v) is 8.06. The van der Waals surface area contributed by atoms with E-state index in [9.17, 15) is 8.42 Å². The molecule has 0 aliphatic carbocycles. The normalized spacial score (nSPS) is 14.1. The number of fused-ring (bicyclic) bond motifs is 1. The van der Waals surface area contributed by atoms with Crippen molar-refractivity contribution in [2.75, 3.05) is 19.8 Å². The van der Waals surface area contributed by atoms with Gasteiger partial charge in [-0.1, -0.05) is 36.7 Å². The van der Waals surface area contributed by atoms with Crippen LogP contribution in [0.2, 0.25) is 5.02 Å². The maximum atomic E-state index is 12.7. The first kappa shape index (κ1) is 18.8. The van der Waals surface area contributed by atoms with Crippen LogP contribution < -0.4 is 9.47 Å². The number of benzene rings is 2. The second kappa shape index (κ2) is 8.12. The Hall–Kier alpha value is -2.02. The van der Waals surface area contributed by atoms with Gasteiger partial charge in [0.1, 0.15) is 13.2 Å². The average Bonchev–Trinajstić information content (AvgIpc) is 2.65. The second-order valence-electron chi connectivity index (χ2n) is 5.80. The fourth-order valence-electron chi connectivity index (χ4n) is 2.60. The summed E-state index contributed by atoms with van der Waals surface area (Å²) in [6.45, 7) is 3.46. The zero-order valence-corrected chi connectivity index (χ0v) is 16.0. The van der Waals surface area contributed by atoms with Gasteiger partial charge in [0.2, 0.25) is 10.0 Å². The van der Waals surface area contributed by atoms with Crippen molar-refractivity contribution in [3.63, 3.8) is 0 Å². The lowest BCUT2D eigenvalue weighted by atomic mass is 10.2. The Bertz CT molecular complexity index is 894. The Morgan fingerprint density at radius 3 is 2.46 bits per heavy atom. The van der Waals surface area contributed by atoms with Crippen molar-refractivity contribution in [3.8, 4) is 11.5 Å². The molecule has 0 amide bonds. The van der Waals surface area contributed by atoms with Crippen molar-refractivity contribution in [2.45, 2.75) is 13.5 Å². The zero-order valence-electron chi connectivity index (χ0n) is 14.4. The van der Waals surface area contributed by atoms with E-state index >= 15 is 0 Å². The van der Waals surface area contributed by atoms with E-state index in [-0.39, 0.29) is 6.54 Å². The standard InChI is InChI=1S/C19H20ClNO4S/c1-2-21(14-16-5-8-18-19(13-16)25-11-10-24-18)26(22,23)12-9-15-3-6-17(20)7-4-15/h3-9,12-13H,2,10-11,14H2,1H3/b12-9+. The van der Waals surface area contributed by atoms with Crippen LogP contribution in [-0.2, 0) is 16.6 Å². The predicted octanol–water partition coefficient (Wildman–Crippen LogP) is 3.93. The first-order chi connectivity index (χ1) is 12.5. The number of hydrogen-bond donors (Lipinski definition) is 0. The third-order valence-corrected chi connectivity index (χ3v) is 5.82. The van der Waals surface area contributed by atoms with Crippen LogP contribution in [0.1, 0.15) is 18.1 Å². The van der Waals surface area contributed by atoms with Gasteiger partial charge < -0.3 is 9.47 Å². The average molecular weight is 394 g/mol. The highest BCUT2D eigenvalue weighted by molar-refractivity contribution is 7.92. The van der Waals surface area contributed by atoms with Crippen molar-refractivity contribution in [3.05, 3.63) is 64.0 Å². The fraction of sp³-hybridized carbons (Fsp3) is 0.263. The largest absolute Gasteiger partial charge is 0.486 e. The highest BCUT2D eigenvalue weighted by Gasteiger charge is 2.19. The van der Waals surface area contributed by atoms with Gasteiger partial charge in [-0.05, 0) is 41.5 Å². The maximum Gasteiger partial charge on any atom is 0.236 e. The molecule has 0 fully saturated rings. The van der Waals surface area contributed by atoms with Crippen molar-refractivity contribution in [1.29, 1.82) is 0 Å².